The van der Waals surface area contributed by atoms with Gasteiger partial charge < -0.3 is 15.7 Å². The summed E-state index contributed by atoms with van der Waals surface area (Å²) < 4.78 is 4.18. The van der Waals surface area contributed by atoms with E-state index in [-0.39, 0.29) is 5.56 Å². The molecule has 4 N–H and O–H groups in total. The SMILES string of the molecule is Cn1c2nc(CC(=N)/C=C\N)sc2c2cnn(Cc3cccc4[nH]ncc34)c(=O)c21. The number of rotatable bonds is 5. The second kappa shape index (κ2) is 6.92. The van der Waals surface area contributed by atoms with E-state index in [0.717, 1.165) is 37.2 Å². The summed E-state index contributed by atoms with van der Waals surface area (Å²) in [7, 11) is 1.84. The number of allylic oxidation sites excluding steroid dienone is 1. The first-order valence-corrected chi connectivity index (χ1v) is 10.1. The van der Waals surface area contributed by atoms with Gasteiger partial charge in [-0.1, -0.05) is 12.1 Å². The minimum absolute atomic E-state index is 0.166. The first-order chi connectivity index (χ1) is 14.6. The maximum atomic E-state index is 13.2. The molecule has 0 amide bonds. The second-order valence-electron chi connectivity index (χ2n) is 7.00. The van der Waals surface area contributed by atoms with E-state index in [9.17, 15) is 4.79 Å². The number of nitrogens with two attached hydrogens (primary N) is 1. The maximum absolute atomic E-state index is 13.2. The molecule has 0 unspecified atom stereocenters. The molecule has 5 aromatic rings. The molecule has 0 bridgehead atoms. The lowest BCUT2D eigenvalue weighted by atomic mass is 10.1. The number of hydrogen-bond donors (Lipinski definition) is 3. The molecular formula is C20H18N8OS. The molecule has 4 aromatic heterocycles. The summed E-state index contributed by atoms with van der Waals surface area (Å²) in [5.74, 6) is 0. The first kappa shape index (κ1) is 18.3. The van der Waals surface area contributed by atoms with E-state index >= 15 is 0 Å². The van der Waals surface area contributed by atoms with Gasteiger partial charge in [-0.15, -0.1) is 11.3 Å². The summed E-state index contributed by atoms with van der Waals surface area (Å²) in [6.45, 7) is 0.353. The zero-order chi connectivity index (χ0) is 20.8. The van der Waals surface area contributed by atoms with Crippen molar-refractivity contribution < 1.29 is 0 Å². The summed E-state index contributed by atoms with van der Waals surface area (Å²) in [6, 6.07) is 5.85. The molecule has 10 heteroatoms. The van der Waals surface area contributed by atoms with Crippen LogP contribution in [0.2, 0.25) is 0 Å². The molecule has 30 heavy (non-hydrogen) atoms. The number of fused-ring (bicyclic) bond motifs is 4. The average molecular weight is 418 g/mol. The molecular weight excluding hydrogens is 400 g/mol. The third-order valence-corrected chi connectivity index (χ3v) is 6.18. The Kier molecular flexibility index (Phi) is 4.21. The highest BCUT2D eigenvalue weighted by molar-refractivity contribution is 7.19. The number of aromatic amines is 1. The van der Waals surface area contributed by atoms with Crippen LogP contribution in [0.15, 0.2) is 47.7 Å². The number of benzene rings is 1. The van der Waals surface area contributed by atoms with Gasteiger partial charge in [0.25, 0.3) is 5.56 Å². The van der Waals surface area contributed by atoms with Crippen molar-refractivity contribution in [2.24, 2.45) is 12.8 Å². The largest absolute Gasteiger partial charge is 0.405 e. The summed E-state index contributed by atoms with van der Waals surface area (Å²) in [5, 5.41) is 21.9. The second-order valence-corrected chi connectivity index (χ2v) is 8.08. The van der Waals surface area contributed by atoms with Crippen molar-refractivity contribution in [3.05, 3.63) is 63.8 Å². The predicted molar refractivity (Wildman–Crippen MR) is 118 cm³/mol. The molecule has 0 aliphatic rings. The third kappa shape index (κ3) is 2.80. The summed E-state index contributed by atoms with van der Waals surface area (Å²) in [5.41, 5.74) is 8.76. The van der Waals surface area contributed by atoms with Crippen LogP contribution in [0.5, 0.6) is 0 Å². The van der Waals surface area contributed by atoms with Crippen LogP contribution >= 0.6 is 11.3 Å². The van der Waals surface area contributed by atoms with Crippen molar-refractivity contribution in [1.29, 1.82) is 5.41 Å². The Morgan fingerprint density at radius 3 is 3.03 bits per heavy atom. The van der Waals surface area contributed by atoms with Crippen LogP contribution in [0.3, 0.4) is 0 Å². The number of thiazole rings is 1. The quantitative estimate of drug-likeness (QED) is 0.377. The molecule has 9 nitrogen and oxygen atoms in total. The van der Waals surface area contributed by atoms with Crippen molar-refractivity contribution >= 4 is 49.2 Å². The highest BCUT2D eigenvalue weighted by Crippen LogP contribution is 2.31. The van der Waals surface area contributed by atoms with E-state index in [1.54, 1.807) is 18.5 Å². The van der Waals surface area contributed by atoms with E-state index in [1.165, 1.54) is 22.2 Å². The zero-order valence-electron chi connectivity index (χ0n) is 16.1. The normalized spacial score (nSPS) is 12.0. The number of nitrogens with one attached hydrogen (secondary N) is 2. The first-order valence-electron chi connectivity index (χ1n) is 9.27. The Morgan fingerprint density at radius 2 is 2.20 bits per heavy atom. The lowest BCUT2D eigenvalue weighted by molar-refractivity contribution is 0.647. The van der Waals surface area contributed by atoms with E-state index in [0.29, 0.717) is 24.2 Å². The summed E-state index contributed by atoms with van der Waals surface area (Å²) in [4.78, 5) is 17.9. The molecule has 0 fully saturated rings. The van der Waals surface area contributed by atoms with Crippen LogP contribution in [0.1, 0.15) is 10.6 Å². The Labute approximate surface area is 174 Å². The molecule has 0 aliphatic carbocycles. The number of H-pyrrole nitrogens is 1. The molecule has 0 saturated carbocycles. The Balaban J connectivity index is 1.59. The van der Waals surface area contributed by atoms with Gasteiger partial charge in [-0.25, -0.2) is 9.67 Å². The Morgan fingerprint density at radius 1 is 1.33 bits per heavy atom. The van der Waals surface area contributed by atoms with Gasteiger partial charge in [0.15, 0.2) is 5.65 Å². The molecule has 0 saturated heterocycles. The topological polar surface area (TPSA) is 131 Å². The zero-order valence-corrected chi connectivity index (χ0v) is 16.9. The molecule has 0 atom stereocenters. The van der Waals surface area contributed by atoms with Gasteiger partial charge in [-0.2, -0.15) is 10.2 Å². The minimum Gasteiger partial charge on any atom is -0.405 e. The highest BCUT2D eigenvalue weighted by Gasteiger charge is 2.19. The predicted octanol–water partition coefficient (Wildman–Crippen LogP) is 2.30. The summed E-state index contributed by atoms with van der Waals surface area (Å²) in [6.07, 6.45) is 6.78. The molecule has 0 radical (unpaired) electrons. The fourth-order valence-electron chi connectivity index (χ4n) is 3.69. The average Bonchev–Trinajstić information content (AvgIpc) is 3.41. The maximum Gasteiger partial charge on any atom is 0.291 e. The van der Waals surface area contributed by atoms with Gasteiger partial charge in [-0.05, 0) is 23.9 Å². The van der Waals surface area contributed by atoms with Gasteiger partial charge in [0, 0.05) is 30.0 Å². The number of aromatic nitrogens is 6. The van der Waals surface area contributed by atoms with E-state index in [1.807, 2.05) is 29.8 Å². The van der Waals surface area contributed by atoms with Crippen LogP contribution in [-0.2, 0) is 20.0 Å². The van der Waals surface area contributed by atoms with Gasteiger partial charge in [0.2, 0.25) is 0 Å². The lowest BCUT2D eigenvalue weighted by Gasteiger charge is -2.07. The van der Waals surface area contributed by atoms with Crippen molar-refractivity contribution in [3.8, 4) is 0 Å². The molecule has 1 aromatic carbocycles. The number of aryl methyl sites for hydroxylation is 1. The van der Waals surface area contributed by atoms with Gasteiger partial charge in [0.1, 0.15) is 10.5 Å². The Bertz CT molecular complexity index is 1520. The molecule has 0 aliphatic heterocycles. The fraction of sp³-hybridized carbons (Fsp3) is 0.150. The van der Waals surface area contributed by atoms with Crippen molar-refractivity contribution in [1.82, 2.24) is 29.5 Å². The molecule has 150 valence electrons. The smallest absolute Gasteiger partial charge is 0.291 e. The van der Waals surface area contributed by atoms with Crippen molar-refractivity contribution in [2.75, 3.05) is 0 Å². The van der Waals surface area contributed by atoms with Crippen molar-refractivity contribution in [3.63, 3.8) is 0 Å². The van der Waals surface area contributed by atoms with Gasteiger partial charge >= 0.3 is 0 Å². The van der Waals surface area contributed by atoms with Gasteiger partial charge in [0.05, 0.1) is 29.2 Å². The van der Waals surface area contributed by atoms with Crippen LogP contribution in [0, 0.1) is 5.41 Å². The standard InChI is InChI=1S/C20H18N8OS/c1-27-17-14(18-19(27)25-16(30-18)7-12(22)5-6-21)9-24-28(20(17)29)10-11-3-2-4-15-13(11)8-23-26-15/h2-6,8-9,22H,7,10,21H2,1H3,(H,23,26)/b6-5-,22-12?. The minimum atomic E-state index is -0.166. The fourth-order valence-corrected chi connectivity index (χ4v) is 4.82. The van der Waals surface area contributed by atoms with E-state index < -0.39 is 0 Å². The molecule has 0 spiro atoms. The van der Waals surface area contributed by atoms with Crippen molar-refractivity contribution in [2.45, 2.75) is 13.0 Å². The number of hydrogen-bond acceptors (Lipinski definition) is 7. The molecule has 4 heterocycles. The van der Waals surface area contributed by atoms with Gasteiger partial charge in [-0.3, -0.25) is 9.89 Å². The third-order valence-electron chi connectivity index (χ3n) is 5.10. The Hall–Kier alpha value is -3.79. The van der Waals surface area contributed by atoms with Crippen LogP contribution in [0.25, 0.3) is 32.2 Å². The van der Waals surface area contributed by atoms with E-state index in [4.69, 9.17) is 11.1 Å². The van der Waals surface area contributed by atoms with Crippen LogP contribution in [0.4, 0.5) is 0 Å². The van der Waals surface area contributed by atoms with E-state index in [2.05, 4.69) is 20.3 Å². The molecule has 5 rings (SSSR count). The van der Waals surface area contributed by atoms with Crippen LogP contribution < -0.4 is 11.3 Å². The monoisotopic (exact) mass is 418 g/mol. The lowest BCUT2D eigenvalue weighted by Crippen LogP contribution is -2.24. The van der Waals surface area contributed by atoms with Crippen LogP contribution in [-0.4, -0.2) is 35.2 Å². The summed E-state index contributed by atoms with van der Waals surface area (Å²) >= 11 is 1.48. The highest BCUT2D eigenvalue weighted by atomic mass is 32.1. The number of nitrogens with zero attached hydrogens (tertiary/aromatic N) is 5.